The Kier molecular flexibility index (Phi) is 4.32. The van der Waals surface area contributed by atoms with E-state index in [1.165, 1.54) is 0 Å². The summed E-state index contributed by atoms with van der Waals surface area (Å²) in [5, 5.41) is 8.11. The Hall–Kier alpha value is -2.37. The van der Waals surface area contributed by atoms with E-state index in [-0.39, 0.29) is 11.9 Å². The lowest BCUT2D eigenvalue weighted by Gasteiger charge is -2.24. The molecule has 2 aromatic rings. The predicted octanol–water partition coefficient (Wildman–Crippen LogP) is 2.04. The first-order chi connectivity index (χ1) is 11.1. The van der Waals surface area contributed by atoms with Gasteiger partial charge in [-0.15, -0.1) is 10.2 Å². The second-order valence-electron chi connectivity index (χ2n) is 6.03. The Bertz CT molecular complexity index is 710. The summed E-state index contributed by atoms with van der Waals surface area (Å²) in [6, 6.07) is 5.96. The van der Waals surface area contributed by atoms with Gasteiger partial charge in [0, 0.05) is 13.6 Å². The third-order valence-electron chi connectivity index (χ3n) is 4.45. The van der Waals surface area contributed by atoms with E-state index in [2.05, 4.69) is 10.2 Å². The lowest BCUT2D eigenvalue weighted by molar-refractivity contribution is -0.131. The molecule has 1 atom stereocenters. The Morgan fingerprint density at radius 1 is 1.43 bits per heavy atom. The third kappa shape index (κ3) is 3.06. The van der Waals surface area contributed by atoms with E-state index in [1.54, 1.807) is 13.4 Å². The second kappa shape index (κ2) is 6.40. The van der Waals surface area contributed by atoms with Crippen molar-refractivity contribution in [1.82, 2.24) is 19.7 Å². The SMILES string of the molecule is COc1cc(CC(=O)N2CCCC2c2nncn2C)ccc1C. The zero-order valence-corrected chi connectivity index (χ0v) is 13.8. The monoisotopic (exact) mass is 314 g/mol. The van der Waals surface area contributed by atoms with E-state index in [1.807, 2.05) is 41.6 Å². The highest BCUT2D eigenvalue weighted by molar-refractivity contribution is 5.79. The summed E-state index contributed by atoms with van der Waals surface area (Å²) in [6.07, 6.45) is 4.00. The van der Waals surface area contributed by atoms with Crippen molar-refractivity contribution in [1.29, 1.82) is 0 Å². The van der Waals surface area contributed by atoms with Gasteiger partial charge in [0.2, 0.25) is 5.91 Å². The zero-order valence-electron chi connectivity index (χ0n) is 13.8. The number of likely N-dealkylation sites (tertiary alicyclic amines) is 1. The normalized spacial score (nSPS) is 17.5. The maximum Gasteiger partial charge on any atom is 0.227 e. The minimum absolute atomic E-state index is 0.0299. The van der Waals surface area contributed by atoms with E-state index in [0.717, 1.165) is 42.1 Å². The van der Waals surface area contributed by atoms with Crippen LogP contribution in [0.3, 0.4) is 0 Å². The summed E-state index contributed by atoms with van der Waals surface area (Å²) < 4.78 is 7.24. The molecule has 1 aliphatic heterocycles. The van der Waals surface area contributed by atoms with E-state index in [4.69, 9.17) is 4.74 Å². The fourth-order valence-corrected chi connectivity index (χ4v) is 3.18. The molecule has 1 aliphatic rings. The molecule has 1 amide bonds. The number of aromatic nitrogens is 3. The molecule has 0 saturated carbocycles. The molecule has 0 bridgehead atoms. The number of methoxy groups -OCH3 is 1. The summed E-state index contributed by atoms with van der Waals surface area (Å²) in [5.41, 5.74) is 2.04. The van der Waals surface area contributed by atoms with Crippen molar-refractivity contribution in [2.24, 2.45) is 7.05 Å². The molecule has 23 heavy (non-hydrogen) atoms. The molecule has 6 nitrogen and oxygen atoms in total. The van der Waals surface area contributed by atoms with Crippen LogP contribution in [-0.2, 0) is 18.3 Å². The number of carbonyl (C=O) groups excluding carboxylic acids is 1. The quantitative estimate of drug-likeness (QED) is 0.866. The van der Waals surface area contributed by atoms with Gasteiger partial charge in [-0.1, -0.05) is 12.1 Å². The highest BCUT2D eigenvalue weighted by atomic mass is 16.5. The van der Waals surface area contributed by atoms with Crippen LogP contribution >= 0.6 is 0 Å². The van der Waals surface area contributed by atoms with Crippen molar-refractivity contribution in [3.63, 3.8) is 0 Å². The molecule has 0 spiro atoms. The van der Waals surface area contributed by atoms with Gasteiger partial charge in [0.25, 0.3) is 0 Å². The Balaban J connectivity index is 1.76. The van der Waals surface area contributed by atoms with Gasteiger partial charge in [-0.3, -0.25) is 4.79 Å². The molecule has 1 aromatic carbocycles. The average molecular weight is 314 g/mol. The van der Waals surface area contributed by atoms with Crippen LogP contribution in [-0.4, -0.2) is 39.2 Å². The standard InChI is InChI=1S/C17H22N4O2/c1-12-6-7-13(9-15(12)23-3)10-16(22)21-8-4-5-14(21)17-19-18-11-20(17)2/h6-7,9,11,14H,4-5,8,10H2,1-3H3. The topological polar surface area (TPSA) is 60.2 Å². The first-order valence-corrected chi connectivity index (χ1v) is 7.87. The van der Waals surface area contributed by atoms with Gasteiger partial charge in [0.1, 0.15) is 12.1 Å². The maximum absolute atomic E-state index is 12.7. The highest BCUT2D eigenvalue weighted by Gasteiger charge is 2.32. The first-order valence-electron chi connectivity index (χ1n) is 7.87. The minimum atomic E-state index is 0.0299. The summed E-state index contributed by atoms with van der Waals surface area (Å²) in [7, 11) is 3.57. The number of ether oxygens (including phenoxy) is 1. The first kappa shape index (κ1) is 15.5. The van der Waals surface area contributed by atoms with Crippen molar-refractivity contribution in [2.75, 3.05) is 13.7 Å². The highest BCUT2D eigenvalue weighted by Crippen LogP contribution is 2.31. The zero-order chi connectivity index (χ0) is 16.4. The van der Waals surface area contributed by atoms with Crippen LogP contribution in [0.1, 0.15) is 35.8 Å². The molecule has 1 fully saturated rings. The van der Waals surface area contributed by atoms with Gasteiger partial charge in [-0.25, -0.2) is 0 Å². The molecule has 0 N–H and O–H groups in total. The lowest BCUT2D eigenvalue weighted by atomic mass is 10.1. The molecule has 122 valence electrons. The number of carbonyl (C=O) groups is 1. The van der Waals surface area contributed by atoms with Crippen LogP contribution in [0.15, 0.2) is 24.5 Å². The number of hydrogen-bond donors (Lipinski definition) is 0. The molecular formula is C17H22N4O2. The van der Waals surface area contributed by atoms with E-state index in [0.29, 0.717) is 6.42 Å². The summed E-state index contributed by atoms with van der Waals surface area (Å²) >= 11 is 0. The van der Waals surface area contributed by atoms with E-state index < -0.39 is 0 Å². The van der Waals surface area contributed by atoms with Crippen molar-refractivity contribution < 1.29 is 9.53 Å². The fraction of sp³-hybridized carbons (Fsp3) is 0.471. The molecule has 2 heterocycles. The van der Waals surface area contributed by atoms with Crippen LogP contribution in [0.2, 0.25) is 0 Å². The number of amides is 1. The maximum atomic E-state index is 12.7. The number of benzene rings is 1. The Labute approximate surface area is 136 Å². The molecule has 3 rings (SSSR count). The van der Waals surface area contributed by atoms with Crippen molar-refractivity contribution in [3.05, 3.63) is 41.5 Å². The number of aryl methyl sites for hydroxylation is 2. The third-order valence-corrected chi connectivity index (χ3v) is 4.45. The molecular weight excluding hydrogens is 292 g/mol. The van der Waals surface area contributed by atoms with Crippen molar-refractivity contribution in [3.8, 4) is 5.75 Å². The van der Waals surface area contributed by atoms with Crippen LogP contribution < -0.4 is 4.74 Å². The molecule has 1 unspecified atom stereocenters. The fourth-order valence-electron chi connectivity index (χ4n) is 3.18. The molecule has 6 heteroatoms. The average Bonchev–Trinajstić information content (AvgIpc) is 3.17. The molecule has 0 radical (unpaired) electrons. The van der Waals surface area contributed by atoms with Crippen LogP contribution in [0.5, 0.6) is 5.75 Å². The van der Waals surface area contributed by atoms with Crippen molar-refractivity contribution >= 4 is 5.91 Å². The Morgan fingerprint density at radius 3 is 2.96 bits per heavy atom. The second-order valence-corrected chi connectivity index (χ2v) is 6.03. The van der Waals surface area contributed by atoms with Crippen LogP contribution in [0.25, 0.3) is 0 Å². The lowest BCUT2D eigenvalue weighted by Crippen LogP contribution is -2.33. The molecule has 1 aromatic heterocycles. The van der Waals surface area contributed by atoms with Gasteiger partial charge in [-0.2, -0.15) is 0 Å². The van der Waals surface area contributed by atoms with E-state index >= 15 is 0 Å². The summed E-state index contributed by atoms with van der Waals surface area (Å²) in [4.78, 5) is 14.7. The number of hydrogen-bond acceptors (Lipinski definition) is 4. The smallest absolute Gasteiger partial charge is 0.227 e. The van der Waals surface area contributed by atoms with E-state index in [9.17, 15) is 4.79 Å². The minimum Gasteiger partial charge on any atom is -0.496 e. The number of rotatable bonds is 4. The van der Waals surface area contributed by atoms with Gasteiger partial charge in [-0.05, 0) is 37.0 Å². The summed E-state index contributed by atoms with van der Waals surface area (Å²) in [6.45, 7) is 2.77. The van der Waals surface area contributed by atoms with Crippen LogP contribution in [0, 0.1) is 6.92 Å². The molecule has 0 aliphatic carbocycles. The largest absolute Gasteiger partial charge is 0.496 e. The predicted molar refractivity (Wildman–Crippen MR) is 86.1 cm³/mol. The van der Waals surface area contributed by atoms with Gasteiger partial charge >= 0.3 is 0 Å². The van der Waals surface area contributed by atoms with Crippen LogP contribution in [0.4, 0.5) is 0 Å². The van der Waals surface area contributed by atoms with Crippen molar-refractivity contribution in [2.45, 2.75) is 32.2 Å². The summed E-state index contributed by atoms with van der Waals surface area (Å²) in [5.74, 6) is 1.81. The van der Waals surface area contributed by atoms with Gasteiger partial charge in [0.15, 0.2) is 5.82 Å². The molecule has 1 saturated heterocycles. The van der Waals surface area contributed by atoms with Gasteiger partial charge in [0.05, 0.1) is 19.6 Å². The Morgan fingerprint density at radius 2 is 2.26 bits per heavy atom. The number of nitrogens with zero attached hydrogens (tertiary/aromatic N) is 4. The van der Waals surface area contributed by atoms with Gasteiger partial charge < -0.3 is 14.2 Å².